The summed E-state index contributed by atoms with van der Waals surface area (Å²) in [5, 5.41) is 0. The summed E-state index contributed by atoms with van der Waals surface area (Å²) >= 11 is 0. The number of H-pyrrole nitrogens is 1. The molecule has 0 saturated heterocycles. The Morgan fingerprint density at radius 1 is 1.89 bits per heavy atom. The van der Waals surface area contributed by atoms with E-state index >= 15 is 0 Å². The Labute approximate surface area is 53.6 Å². The Morgan fingerprint density at radius 2 is 2.67 bits per heavy atom. The number of rotatable bonds is 2. The molecule has 0 unspecified atom stereocenters. The largest absolute Gasteiger partial charge is 0.384 e. The van der Waals surface area contributed by atoms with Crippen LogP contribution < -0.4 is 5.73 Å². The van der Waals surface area contributed by atoms with Crippen molar-refractivity contribution in [3.05, 3.63) is 24.7 Å². The van der Waals surface area contributed by atoms with E-state index in [1.165, 1.54) is 0 Å². The van der Waals surface area contributed by atoms with Gasteiger partial charge in [0, 0.05) is 6.42 Å². The lowest BCUT2D eigenvalue weighted by molar-refractivity contribution is 1.06. The second-order valence-corrected chi connectivity index (χ2v) is 1.78. The van der Waals surface area contributed by atoms with E-state index in [0.717, 1.165) is 12.2 Å². The van der Waals surface area contributed by atoms with Gasteiger partial charge in [-0.3, -0.25) is 0 Å². The molecule has 0 fully saturated rings. The summed E-state index contributed by atoms with van der Waals surface area (Å²) in [6.45, 7) is 3.56. The van der Waals surface area contributed by atoms with Gasteiger partial charge in [0.25, 0.3) is 0 Å². The van der Waals surface area contributed by atoms with E-state index in [0.29, 0.717) is 5.82 Å². The maximum absolute atomic E-state index is 5.36. The molecule has 3 nitrogen and oxygen atoms in total. The standard InChI is InChI=1S/C6H9N3/c1-2-3-6-8-4-5(7)9-6/h2,4H,1,3,7H2,(H,8,9). The highest BCUT2D eigenvalue weighted by molar-refractivity contribution is 5.24. The highest BCUT2D eigenvalue weighted by Gasteiger charge is 1.91. The molecular formula is C6H9N3. The highest BCUT2D eigenvalue weighted by Crippen LogP contribution is 1.97. The van der Waals surface area contributed by atoms with Gasteiger partial charge >= 0.3 is 0 Å². The predicted molar refractivity (Wildman–Crippen MR) is 36.9 cm³/mol. The minimum Gasteiger partial charge on any atom is -0.384 e. The Hall–Kier alpha value is -1.25. The molecular weight excluding hydrogens is 114 g/mol. The van der Waals surface area contributed by atoms with Crippen LogP contribution in [-0.2, 0) is 6.42 Å². The number of nitrogens with one attached hydrogen (secondary N) is 1. The van der Waals surface area contributed by atoms with Crippen LogP contribution in [0.15, 0.2) is 18.9 Å². The SMILES string of the molecule is C=CCc1ncc(N)[nH]1. The van der Waals surface area contributed by atoms with Crippen LogP contribution >= 0.6 is 0 Å². The van der Waals surface area contributed by atoms with Crippen molar-refractivity contribution >= 4 is 5.82 Å². The molecule has 0 atom stereocenters. The number of imidazole rings is 1. The molecule has 9 heavy (non-hydrogen) atoms. The van der Waals surface area contributed by atoms with Gasteiger partial charge in [-0.25, -0.2) is 4.98 Å². The molecule has 0 saturated carbocycles. The summed E-state index contributed by atoms with van der Waals surface area (Å²) in [6.07, 6.45) is 4.12. The first kappa shape index (κ1) is 5.88. The second-order valence-electron chi connectivity index (χ2n) is 1.78. The quantitative estimate of drug-likeness (QED) is 0.569. The van der Waals surface area contributed by atoms with E-state index in [1.54, 1.807) is 12.3 Å². The summed E-state index contributed by atoms with van der Waals surface area (Å²) in [5.74, 6) is 1.47. The molecule has 3 N–H and O–H groups in total. The van der Waals surface area contributed by atoms with Crippen molar-refractivity contribution < 1.29 is 0 Å². The zero-order valence-corrected chi connectivity index (χ0v) is 5.09. The van der Waals surface area contributed by atoms with Gasteiger partial charge in [-0.1, -0.05) is 6.08 Å². The number of anilines is 1. The Balaban J connectivity index is 2.72. The van der Waals surface area contributed by atoms with Crippen molar-refractivity contribution in [1.29, 1.82) is 0 Å². The summed E-state index contributed by atoms with van der Waals surface area (Å²) in [7, 11) is 0. The van der Waals surface area contributed by atoms with E-state index < -0.39 is 0 Å². The van der Waals surface area contributed by atoms with Crippen molar-refractivity contribution in [3.8, 4) is 0 Å². The molecule has 0 aliphatic heterocycles. The van der Waals surface area contributed by atoms with E-state index in [-0.39, 0.29) is 0 Å². The fraction of sp³-hybridized carbons (Fsp3) is 0.167. The summed E-state index contributed by atoms with van der Waals surface area (Å²) in [5.41, 5.74) is 5.36. The van der Waals surface area contributed by atoms with Crippen LogP contribution in [0.3, 0.4) is 0 Å². The number of nitrogen functional groups attached to an aromatic ring is 1. The van der Waals surface area contributed by atoms with E-state index in [4.69, 9.17) is 5.73 Å². The Morgan fingerprint density at radius 3 is 3.11 bits per heavy atom. The van der Waals surface area contributed by atoms with Crippen LogP contribution in [0.4, 0.5) is 5.82 Å². The molecule has 1 aromatic heterocycles. The smallest absolute Gasteiger partial charge is 0.120 e. The molecule has 0 aliphatic carbocycles. The van der Waals surface area contributed by atoms with Crippen LogP contribution in [0.2, 0.25) is 0 Å². The highest BCUT2D eigenvalue weighted by atomic mass is 15.0. The number of allylic oxidation sites excluding steroid dienone is 1. The summed E-state index contributed by atoms with van der Waals surface area (Å²) < 4.78 is 0. The van der Waals surface area contributed by atoms with Crippen LogP contribution in [-0.4, -0.2) is 9.97 Å². The van der Waals surface area contributed by atoms with Gasteiger partial charge in [-0.2, -0.15) is 0 Å². The topological polar surface area (TPSA) is 54.7 Å². The van der Waals surface area contributed by atoms with Gasteiger partial charge in [-0.15, -0.1) is 6.58 Å². The molecule has 0 radical (unpaired) electrons. The fourth-order valence-electron chi connectivity index (χ4n) is 0.619. The second kappa shape index (κ2) is 2.35. The van der Waals surface area contributed by atoms with E-state index in [1.807, 2.05) is 0 Å². The molecule has 0 amide bonds. The third kappa shape index (κ3) is 1.32. The number of aromatic nitrogens is 2. The average Bonchev–Trinajstić information content (AvgIpc) is 2.17. The minimum absolute atomic E-state index is 0.604. The van der Waals surface area contributed by atoms with Gasteiger partial charge < -0.3 is 10.7 Å². The molecule has 0 aliphatic rings. The molecule has 0 spiro atoms. The zero-order valence-electron chi connectivity index (χ0n) is 5.09. The van der Waals surface area contributed by atoms with Crippen molar-refractivity contribution in [3.63, 3.8) is 0 Å². The predicted octanol–water partition coefficient (Wildman–Crippen LogP) is 0.720. The Bertz CT molecular complexity index is 202. The molecule has 1 heterocycles. The lowest BCUT2D eigenvalue weighted by Gasteiger charge is -1.84. The molecule has 1 aromatic rings. The van der Waals surface area contributed by atoms with Gasteiger partial charge in [0.1, 0.15) is 11.6 Å². The first-order valence-corrected chi connectivity index (χ1v) is 2.73. The monoisotopic (exact) mass is 123 g/mol. The normalized spacial score (nSPS) is 9.33. The van der Waals surface area contributed by atoms with Crippen molar-refractivity contribution in [2.75, 3.05) is 5.73 Å². The fourth-order valence-corrected chi connectivity index (χ4v) is 0.619. The number of nitrogens with zero attached hydrogens (tertiary/aromatic N) is 1. The first-order valence-electron chi connectivity index (χ1n) is 2.73. The van der Waals surface area contributed by atoms with Gasteiger partial charge in [0.15, 0.2) is 0 Å². The maximum Gasteiger partial charge on any atom is 0.120 e. The molecule has 3 heteroatoms. The van der Waals surface area contributed by atoms with Gasteiger partial charge in [-0.05, 0) is 0 Å². The van der Waals surface area contributed by atoms with Crippen molar-refractivity contribution in [1.82, 2.24) is 9.97 Å². The van der Waals surface area contributed by atoms with E-state index in [9.17, 15) is 0 Å². The summed E-state index contributed by atoms with van der Waals surface area (Å²) in [4.78, 5) is 6.83. The van der Waals surface area contributed by atoms with Crippen LogP contribution in [0.25, 0.3) is 0 Å². The lowest BCUT2D eigenvalue weighted by Crippen LogP contribution is -1.85. The first-order chi connectivity index (χ1) is 4.33. The lowest BCUT2D eigenvalue weighted by atomic mass is 10.4. The minimum atomic E-state index is 0.604. The molecule has 0 aromatic carbocycles. The maximum atomic E-state index is 5.36. The number of nitrogens with two attached hydrogens (primary N) is 1. The molecule has 0 bridgehead atoms. The molecule has 1 rings (SSSR count). The van der Waals surface area contributed by atoms with Gasteiger partial charge in [0.2, 0.25) is 0 Å². The number of hydrogen-bond donors (Lipinski definition) is 2. The van der Waals surface area contributed by atoms with E-state index in [2.05, 4.69) is 16.5 Å². The third-order valence-corrected chi connectivity index (χ3v) is 0.986. The zero-order chi connectivity index (χ0) is 6.69. The number of aromatic amines is 1. The van der Waals surface area contributed by atoms with Crippen molar-refractivity contribution in [2.24, 2.45) is 0 Å². The third-order valence-electron chi connectivity index (χ3n) is 0.986. The average molecular weight is 123 g/mol. The molecule has 48 valence electrons. The van der Waals surface area contributed by atoms with Crippen LogP contribution in [0, 0.1) is 0 Å². The number of hydrogen-bond acceptors (Lipinski definition) is 2. The van der Waals surface area contributed by atoms with Crippen molar-refractivity contribution in [2.45, 2.75) is 6.42 Å². The van der Waals surface area contributed by atoms with Gasteiger partial charge in [0.05, 0.1) is 6.20 Å². The van der Waals surface area contributed by atoms with Crippen LogP contribution in [0.1, 0.15) is 5.82 Å². The Kier molecular flexibility index (Phi) is 1.53. The van der Waals surface area contributed by atoms with Crippen LogP contribution in [0.5, 0.6) is 0 Å². The summed E-state index contributed by atoms with van der Waals surface area (Å²) in [6, 6.07) is 0.